The van der Waals surface area contributed by atoms with Crippen molar-refractivity contribution in [3.05, 3.63) is 12.4 Å². The molecule has 3 heteroatoms. The predicted molar refractivity (Wildman–Crippen MR) is 44.9 cm³/mol. The highest BCUT2D eigenvalue weighted by Gasteiger charge is 2.11. The minimum Gasteiger partial charge on any atom is -0.286 e. The SMILES string of the molecule is CCB(CC)c1cn[nH]c1. The van der Waals surface area contributed by atoms with Crippen molar-refractivity contribution in [3.8, 4) is 0 Å². The van der Waals surface area contributed by atoms with E-state index in [-0.39, 0.29) is 0 Å². The molecule has 0 aliphatic rings. The fourth-order valence-electron chi connectivity index (χ4n) is 1.24. The zero-order valence-electron chi connectivity index (χ0n) is 6.59. The van der Waals surface area contributed by atoms with Crippen LogP contribution in [0.3, 0.4) is 0 Å². The number of aromatic amines is 1. The Hall–Kier alpha value is -0.725. The third-order valence-corrected chi connectivity index (χ3v) is 1.98. The number of hydrogen-bond acceptors (Lipinski definition) is 1. The number of aromatic nitrogens is 2. The van der Waals surface area contributed by atoms with Gasteiger partial charge in [-0.15, -0.1) is 0 Å². The van der Waals surface area contributed by atoms with Crippen molar-refractivity contribution in [2.24, 2.45) is 0 Å². The third kappa shape index (κ3) is 1.41. The van der Waals surface area contributed by atoms with Crippen molar-refractivity contribution in [1.82, 2.24) is 10.2 Å². The molecule has 1 rings (SSSR count). The van der Waals surface area contributed by atoms with E-state index in [1.165, 1.54) is 18.1 Å². The zero-order chi connectivity index (χ0) is 7.40. The van der Waals surface area contributed by atoms with Crippen LogP contribution in [0.4, 0.5) is 0 Å². The quantitative estimate of drug-likeness (QED) is 0.620. The first-order valence-electron chi connectivity index (χ1n) is 3.87. The maximum absolute atomic E-state index is 3.91. The Labute approximate surface area is 62.1 Å². The van der Waals surface area contributed by atoms with E-state index in [2.05, 4.69) is 24.0 Å². The van der Waals surface area contributed by atoms with Crippen LogP contribution in [0, 0.1) is 0 Å². The Bertz CT molecular complexity index is 168. The molecule has 0 atom stereocenters. The molecule has 0 aliphatic heterocycles. The van der Waals surface area contributed by atoms with Gasteiger partial charge in [0.15, 0.2) is 6.71 Å². The van der Waals surface area contributed by atoms with Crippen LogP contribution in [0.25, 0.3) is 0 Å². The number of hydrogen-bond donors (Lipinski definition) is 1. The van der Waals surface area contributed by atoms with E-state index in [1.807, 2.05) is 12.4 Å². The molecule has 0 saturated heterocycles. The van der Waals surface area contributed by atoms with Gasteiger partial charge in [0.2, 0.25) is 0 Å². The molecule has 1 aromatic rings. The van der Waals surface area contributed by atoms with E-state index in [1.54, 1.807) is 0 Å². The van der Waals surface area contributed by atoms with Gasteiger partial charge in [0.1, 0.15) is 0 Å². The Kier molecular flexibility index (Phi) is 2.54. The number of nitrogens with one attached hydrogen (secondary N) is 1. The fourth-order valence-corrected chi connectivity index (χ4v) is 1.24. The summed E-state index contributed by atoms with van der Waals surface area (Å²) in [5.41, 5.74) is 1.34. The highest BCUT2D eigenvalue weighted by molar-refractivity contribution is 6.72. The van der Waals surface area contributed by atoms with Gasteiger partial charge in [0.25, 0.3) is 0 Å². The van der Waals surface area contributed by atoms with Gasteiger partial charge in [0.05, 0.1) is 0 Å². The smallest absolute Gasteiger partial charge is 0.179 e. The van der Waals surface area contributed by atoms with Gasteiger partial charge in [-0.2, -0.15) is 5.10 Å². The molecule has 0 radical (unpaired) electrons. The molecule has 0 fully saturated rings. The first-order chi connectivity index (χ1) is 4.88. The van der Waals surface area contributed by atoms with Gasteiger partial charge in [-0.05, 0) is 5.46 Å². The Morgan fingerprint density at radius 2 is 2.20 bits per heavy atom. The molecule has 0 spiro atoms. The standard InChI is InChI=1S/C7H13BN2/c1-3-8(4-2)7-5-9-10-6-7/h5-6H,3-4H2,1-2H3,(H,9,10). The predicted octanol–water partition coefficient (Wildman–Crippen LogP) is 1.15. The Morgan fingerprint density at radius 3 is 2.60 bits per heavy atom. The summed E-state index contributed by atoms with van der Waals surface area (Å²) >= 11 is 0. The van der Waals surface area contributed by atoms with Crippen LogP contribution in [0.15, 0.2) is 12.4 Å². The van der Waals surface area contributed by atoms with Crippen LogP contribution in [0.5, 0.6) is 0 Å². The summed E-state index contributed by atoms with van der Waals surface area (Å²) in [6.45, 7) is 5.11. The normalized spacial score (nSPS) is 9.80. The summed E-state index contributed by atoms with van der Waals surface area (Å²) in [5, 5.41) is 6.74. The molecule has 0 saturated carbocycles. The largest absolute Gasteiger partial charge is 0.286 e. The minimum absolute atomic E-state index is 0.693. The average Bonchev–Trinajstić information content (AvgIpc) is 2.43. The van der Waals surface area contributed by atoms with E-state index in [0.717, 1.165) is 0 Å². The summed E-state index contributed by atoms with van der Waals surface area (Å²) in [7, 11) is 0. The van der Waals surface area contributed by atoms with Gasteiger partial charge in [-0.3, -0.25) is 5.10 Å². The van der Waals surface area contributed by atoms with Crippen molar-refractivity contribution in [1.29, 1.82) is 0 Å². The van der Waals surface area contributed by atoms with Crippen molar-refractivity contribution in [2.45, 2.75) is 26.5 Å². The van der Waals surface area contributed by atoms with Crippen LogP contribution in [0.2, 0.25) is 12.6 Å². The second kappa shape index (κ2) is 3.45. The second-order valence-electron chi connectivity index (χ2n) is 2.55. The minimum atomic E-state index is 0.693. The Balaban J connectivity index is 2.64. The summed E-state index contributed by atoms with van der Waals surface area (Å²) < 4.78 is 0. The van der Waals surface area contributed by atoms with Crippen molar-refractivity contribution in [3.63, 3.8) is 0 Å². The number of rotatable bonds is 3. The zero-order valence-corrected chi connectivity index (χ0v) is 6.59. The van der Waals surface area contributed by atoms with Crippen LogP contribution in [0.1, 0.15) is 13.8 Å². The summed E-state index contributed by atoms with van der Waals surface area (Å²) in [5.74, 6) is 0. The summed E-state index contributed by atoms with van der Waals surface area (Å²) in [6, 6.07) is 0. The molecule has 1 aromatic heterocycles. The summed E-state index contributed by atoms with van der Waals surface area (Å²) in [6.07, 6.45) is 6.31. The lowest BCUT2D eigenvalue weighted by molar-refractivity contribution is 1.09. The lowest BCUT2D eigenvalue weighted by Crippen LogP contribution is -2.26. The molecule has 2 nitrogen and oxygen atoms in total. The number of H-pyrrole nitrogens is 1. The average molecular weight is 136 g/mol. The number of nitrogens with zero attached hydrogens (tertiary/aromatic N) is 1. The molecule has 0 aliphatic carbocycles. The topological polar surface area (TPSA) is 28.7 Å². The fraction of sp³-hybridized carbons (Fsp3) is 0.571. The van der Waals surface area contributed by atoms with Gasteiger partial charge < -0.3 is 0 Å². The lowest BCUT2D eigenvalue weighted by atomic mass is 9.42. The van der Waals surface area contributed by atoms with Crippen LogP contribution >= 0.6 is 0 Å². The first-order valence-corrected chi connectivity index (χ1v) is 3.87. The van der Waals surface area contributed by atoms with Gasteiger partial charge in [-0.1, -0.05) is 26.5 Å². The highest BCUT2D eigenvalue weighted by atomic mass is 15.1. The maximum atomic E-state index is 3.91. The molecule has 0 bridgehead atoms. The highest BCUT2D eigenvalue weighted by Crippen LogP contribution is 1.96. The van der Waals surface area contributed by atoms with Crippen LogP contribution in [-0.2, 0) is 0 Å². The lowest BCUT2D eigenvalue weighted by Gasteiger charge is -2.02. The van der Waals surface area contributed by atoms with Gasteiger partial charge in [0, 0.05) is 12.4 Å². The van der Waals surface area contributed by atoms with E-state index >= 15 is 0 Å². The molecule has 10 heavy (non-hydrogen) atoms. The van der Waals surface area contributed by atoms with E-state index in [0.29, 0.717) is 6.71 Å². The van der Waals surface area contributed by atoms with Gasteiger partial charge in [-0.25, -0.2) is 0 Å². The van der Waals surface area contributed by atoms with E-state index < -0.39 is 0 Å². The molecule has 0 aromatic carbocycles. The first kappa shape index (κ1) is 7.38. The molecule has 0 amide bonds. The van der Waals surface area contributed by atoms with Crippen molar-refractivity contribution in [2.75, 3.05) is 0 Å². The van der Waals surface area contributed by atoms with Crippen LogP contribution in [-0.4, -0.2) is 16.9 Å². The van der Waals surface area contributed by atoms with Crippen molar-refractivity contribution < 1.29 is 0 Å². The Morgan fingerprint density at radius 1 is 1.50 bits per heavy atom. The molecular formula is C7H13BN2. The molecule has 54 valence electrons. The van der Waals surface area contributed by atoms with Gasteiger partial charge >= 0.3 is 0 Å². The van der Waals surface area contributed by atoms with E-state index in [4.69, 9.17) is 0 Å². The molecule has 1 N–H and O–H groups in total. The molecular weight excluding hydrogens is 123 g/mol. The summed E-state index contributed by atoms with van der Waals surface area (Å²) in [4.78, 5) is 0. The second-order valence-corrected chi connectivity index (χ2v) is 2.55. The third-order valence-electron chi connectivity index (χ3n) is 1.98. The van der Waals surface area contributed by atoms with Crippen LogP contribution < -0.4 is 5.46 Å². The molecule has 1 heterocycles. The van der Waals surface area contributed by atoms with E-state index in [9.17, 15) is 0 Å². The van der Waals surface area contributed by atoms with Crippen molar-refractivity contribution >= 4 is 12.2 Å². The monoisotopic (exact) mass is 136 g/mol. The molecule has 0 unspecified atom stereocenters. The maximum Gasteiger partial charge on any atom is 0.179 e.